The molecule has 1 aromatic carbocycles. The number of nitrogens with zero attached hydrogens (tertiary/aromatic N) is 2. The van der Waals surface area contributed by atoms with E-state index in [1.54, 1.807) is 19.2 Å². The van der Waals surface area contributed by atoms with Gasteiger partial charge in [0.15, 0.2) is 10.9 Å². The zero-order chi connectivity index (χ0) is 24.5. The molecule has 0 bridgehead atoms. The Balaban J connectivity index is 1.79. The van der Waals surface area contributed by atoms with Crippen LogP contribution in [0.5, 0.6) is 0 Å². The number of thiazole rings is 1. The molecule has 0 spiro atoms. The summed E-state index contributed by atoms with van der Waals surface area (Å²) in [5, 5.41) is 1.68. The second-order valence-corrected chi connectivity index (χ2v) is 8.12. The van der Waals surface area contributed by atoms with E-state index in [9.17, 15) is 27.6 Å². The molecule has 3 rings (SSSR count). The highest BCUT2D eigenvalue weighted by molar-refractivity contribution is 7.14. The smallest absolute Gasteiger partial charge is 0.416 e. The first kappa shape index (κ1) is 24.2. The summed E-state index contributed by atoms with van der Waals surface area (Å²) >= 11 is 1.02. The largest absolute Gasteiger partial charge is 0.454 e. The van der Waals surface area contributed by atoms with Crippen LogP contribution in [0.15, 0.2) is 29.6 Å². The lowest BCUT2D eigenvalue weighted by atomic mass is 10.1. The molecule has 0 atom stereocenters. The molecule has 1 N–H and O–H groups in total. The normalized spacial score (nSPS) is 11.4. The summed E-state index contributed by atoms with van der Waals surface area (Å²) in [6.07, 6.45) is -4.56. The zero-order valence-corrected chi connectivity index (χ0v) is 19.0. The number of rotatable bonds is 6. The monoisotopic (exact) mass is 479 g/mol. The maximum atomic E-state index is 13.1. The first-order valence-electron chi connectivity index (χ1n) is 9.69. The van der Waals surface area contributed by atoms with E-state index in [0.717, 1.165) is 28.4 Å². The van der Waals surface area contributed by atoms with Crippen LogP contribution in [-0.4, -0.2) is 27.6 Å². The fourth-order valence-corrected chi connectivity index (χ4v) is 4.28. The molecule has 2 heterocycles. The van der Waals surface area contributed by atoms with Gasteiger partial charge in [-0.05, 0) is 44.5 Å². The van der Waals surface area contributed by atoms with Crippen LogP contribution in [-0.2, 0) is 22.3 Å². The number of halogens is 3. The van der Waals surface area contributed by atoms with Crippen molar-refractivity contribution in [2.75, 3.05) is 4.90 Å². The highest BCUT2D eigenvalue weighted by atomic mass is 32.1. The molecule has 2 aromatic heterocycles. The van der Waals surface area contributed by atoms with Gasteiger partial charge in [0.2, 0.25) is 5.91 Å². The van der Waals surface area contributed by atoms with Gasteiger partial charge in [-0.15, -0.1) is 11.3 Å². The molecular weight excluding hydrogens is 459 g/mol. The SMILES string of the molecule is CC(=O)c1c(C)[nH]c(C(=O)OCc2csc(N(C(C)=O)c3cccc(C(F)(F)F)c3)n2)c1C. The maximum absolute atomic E-state index is 13.1. The average Bonchev–Trinajstić information content (AvgIpc) is 3.29. The lowest BCUT2D eigenvalue weighted by molar-refractivity contribution is -0.137. The summed E-state index contributed by atoms with van der Waals surface area (Å²) in [6.45, 7) is 5.70. The Hall–Kier alpha value is -3.47. The van der Waals surface area contributed by atoms with Crippen LogP contribution in [0.25, 0.3) is 0 Å². The highest BCUT2D eigenvalue weighted by Crippen LogP contribution is 2.35. The molecule has 0 radical (unpaired) electrons. The fraction of sp³-hybridized carbons (Fsp3) is 0.273. The van der Waals surface area contributed by atoms with Crippen molar-refractivity contribution in [3.8, 4) is 0 Å². The quantitative estimate of drug-likeness (QED) is 0.380. The number of carbonyl (C=O) groups excluding carboxylic acids is 3. The average molecular weight is 479 g/mol. The number of anilines is 2. The van der Waals surface area contributed by atoms with Crippen molar-refractivity contribution >= 4 is 39.8 Å². The van der Waals surface area contributed by atoms with Crippen molar-refractivity contribution in [3.05, 3.63) is 63.4 Å². The number of carbonyl (C=O) groups is 3. The van der Waals surface area contributed by atoms with Gasteiger partial charge in [0.1, 0.15) is 12.3 Å². The van der Waals surface area contributed by atoms with E-state index in [1.165, 1.54) is 26.0 Å². The number of H-pyrrole nitrogens is 1. The van der Waals surface area contributed by atoms with E-state index in [2.05, 4.69) is 9.97 Å². The van der Waals surface area contributed by atoms with Crippen LogP contribution in [0, 0.1) is 13.8 Å². The van der Waals surface area contributed by atoms with Crippen molar-refractivity contribution < 1.29 is 32.3 Å². The van der Waals surface area contributed by atoms with E-state index in [0.29, 0.717) is 22.5 Å². The predicted octanol–water partition coefficient (Wildman–Crippen LogP) is 5.35. The Labute approximate surface area is 191 Å². The number of Topliss-reactive ketones (excluding diaryl/α,β-unsaturated/α-hetero) is 1. The third-order valence-electron chi connectivity index (χ3n) is 4.82. The molecule has 7 nitrogen and oxygen atoms in total. The molecule has 0 fully saturated rings. The van der Waals surface area contributed by atoms with Gasteiger partial charge >= 0.3 is 12.1 Å². The van der Waals surface area contributed by atoms with Crippen LogP contribution in [0.3, 0.4) is 0 Å². The second-order valence-electron chi connectivity index (χ2n) is 7.28. The summed E-state index contributed by atoms with van der Waals surface area (Å²) < 4.78 is 44.5. The number of aryl methyl sites for hydroxylation is 1. The van der Waals surface area contributed by atoms with Crippen LogP contribution in [0.1, 0.15) is 57.2 Å². The van der Waals surface area contributed by atoms with Gasteiger partial charge in [0.05, 0.1) is 16.9 Å². The van der Waals surface area contributed by atoms with Crippen LogP contribution in [0.4, 0.5) is 24.0 Å². The van der Waals surface area contributed by atoms with E-state index >= 15 is 0 Å². The number of alkyl halides is 3. The van der Waals surface area contributed by atoms with Gasteiger partial charge < -0.3 is 9.72 Å². The lowest BCUT2D eigenvalue weighted by Crippen LogP contribution is -2.23. The molecular formula is C22H20F3N3O4S. The van der Waals surface area contributed by atoms with Gasteiger partial charge in [-0.1, -0.05) is 6.07 Å². The van der Waals surface area contributed by atoms with E-state index < -0.39 is 23.6 Å². The summed E-state index contributed by atoms with van der Waals surface area (Å²) in [6, 6.07) is 4.36. The number of nitrogens with one attached hydrogen (secondary N) is 1. The minimum atomic E-state index is -4.56. The van der Waals surface area contributed by atoms with Crippen molar-refractivity contribution in [2.24, 2.45) is 0 Å². The number of hydrogen-bond acceptors (Lipinski definition) is 6. The molecule has 0 saturated carbocycles. The van der Waals surface area contributed by atoms with Gasteiger partial charge in [0.25, 0.3) is 0 Å². The highest BCUT2D eigenvalue weighted by Gasteiger charge is 2.31. The van der Waals surface area contributed by atoms with Crippen LogP contribution < -0.4 is 4.90 Å². The van der Waals surface area contributed by atoms with Crippen LogP contribution in [0.2, 0.25) is 0 Å². The Morgan fingerprint density at radius 1 is 1.18 bits per heavy atom. The molecule has 11 heteroatoms. The minimum Gasteiger partial charge on any atom is -0.454 e. The van der Waals surface area contributed by atoms with Crippen molar-refractivity contribution in [2.45, 2.75) is 40.5 Å². The number of ketones is 1. The number of esters is 1. The number of benzene rings is 1. The predicted molar refractivity (Wildman–Crippen MR) is 116 cm³/mol. The topological polar surface area (TPSA) is 92.4 Å². The first-order chi connectivity index (χ1) is 15.4. The number of amides is 1. The number of hydrogen-bond donors (Lipinski definition) is 1. The molecule has 1 amide bonds. The molecule has 0 saturated heterocycles. The maximum Gasteiger partial charge on any atom is 0.416 e. The first-order valence-corrected chi connectivity index (χ1v) is 10.6. The standard InChI is InChI=1S/C22H20F3N3O4S/c1-11-18(13(3)29)12(2)26-19(11)20(31)32-9-16-10-33-21(27-16)28(14(4)30)17-7-5-6-15(8-17)22(23,24)25/h5-8,10,26H,9H2,1-4H3. The van der Waals surface area contributed by atoms with Crippen molar-refractivity contribution in [3.63, 3.8) is 0 Å². The molecule has 0 unspecified atom stereocenters. The number of aromatic nitrogens is 2. The summed E-state index contributed by atoms with van der Waals surface area (Å²) in [7, 11) is 0. The van der Waals surface area contributed by atoms with E-state index in [1.807, 2.05) is 0 Å². The number of aromatic amines is 1. The van der Waals surface area contributed by atoms with Crippen LogP contribution >= 0.6 is 11.3 Å². The Kier molecular flexibility index (Phi) is 6.73. The van der Waals surface area contributed by atoms with Crippen molar-refractivity contribution in [1.82, 2.24) is 9.97 Å². The molecule has 33 heavy (non-hydrogen) atoms. The summed E-state index contributed by atoms with van der Waals surface area (Å²) in [5.41, 5.74) is 1.06. The van der Waals surface area contributed by atoms with Gasteiger partial charge in [-0.25, -0.2) is 9.78 Å². The third-order valence-corrected chi connectivity index (χ3v) is 5.70. The molecule has 0 aliphatic heterocycles. The van der Waals surface area contributed by atoms with Gasteiger partial charge in [-0.2, -0.15) is 13.2 Å². The molecule has 0 aliphatic rings. The Bertz CT molecular complexity index is 1230. The minimum absolute atomic E-state index is 0.0180. The van der Waals surface area contributed by atoms with Gasteiger partial charge in [-0.3, -0.25) is 14.5 Å². The van der Waals surface area contributed by atoms with E-state index in [-0.39, 0.29) is 28.9 Å². The molecule has 0 aliphatic carbocycles. The number of ether oxygens (including phenoxy) is 1. The summed E-state index contributed by atoms with van der Waals surface area (Å²) in [5.74, 6) is -1.39. The Morgan fingerprint density at radius 2 is 1.88 bits per heavy atom. The van der Waals surface area contributed by atoms with Crippen molar-refractivity contribution in [1.29, 1.82) is 0 Å². The second kappa shape index (κ2) is 9.18. The lowest BCUT2D eigenvalue weighted by Gasteiger charge is -2.19. The summed E-state index contributed by atoms with van der Waals surface area (Å²) in [4.78, 5) is 44.5. The van der Waals surface area contributed by atoms with Gasteiger partial charge in [0, 0.05) is 23.6 Å². The molecule has 3 aromatic rings. The fourth-order valence-electron chi connectivity index (χ4n) is 3.41. The Morgan fingerprint density at radius 3 is 2.45 bits per heavy atom. The zero-order valence-electron chi connectivity index (χ0n) is 18.2. The molecule has 174 valence electrons. The third kappa shape index (κ3) is 5.14. The van der Waals surface area contributed by atoms with E-state index in [4.69, 9.17) is 4.74 Å².